The normalized spacial score (nSPS) is 26.4. The first-order chi connectivity index (χ1) is 9.99. The van der Waals surface area contributed by atoms with Crippen LogP contribution >= 0.6 is 34.2 Å². The van der Waals surface area contributed by atoms with Gasteiger partial charge in [-0.25, -0.2) is 9.37 Å². The fourth-order valence-electron chi connectivity index (χ4n) is 3.76. The van der Waals surface area contributed by atoms with E-state index in [9.17, 15) is 4.39 Å². The van der Waals surface area contributed by atoms with Gasteiger partial charge in [0, 0.05) is 12.1 Å². The molecule has 2 atom stereocenters. The zero-order valence-corrected chi connectivity index (χ0v) is 15.2. The van der Waals surface area contributed by atoms with Gasteiger partial charge in [-0.15, -0.1) is 11.6 Å². The zero-order chi connectivity index (χ0) is 15.1. The topological polar surface area (TPSA) is 17.8 Å². The van der Waals surface area contributed by atoms with Crippen LogP contribution in [0.1, 0.15) is 45.0 Å². The molecular formula is C16H19ClFIN2. The highest BCUT2D eigenvalue weighted by Gasteiger charge is 2.28. The second kappa shape index (κ2) is 6.03. The number of hydrogen-bond acceptors (Lipinski definition) is 1. The minimum absolute atomic E-state index is 0.178. The molecule has 114 valence electrons. The molecule has 0 radical (unpaired) electrons. The molecule has 0 bridgehead atoms. The lowest BCUT2D eigenvalue weighted by Crippen LogP contribution is -2.23. The molecule has 1 saturated carbocycles. The standard InChI is InChI=1S/C16H19ClFIN2/c1-9-3-10(2)5-11(4-9)21-15-6-12(18)13(19)7-14(15)20-16(21)8-17/h6-7,9-11H,3-5,8H2,1-2H3. The summed E-state index contributed by atoms with van der Waals surface area (Å²) in [6, 6.07) is 3.80. The second-order valence-electron chi connectivity index (χ2n) is 6.36. The fraction of sp³-hybridized carbons (Fsp3) is 0.562. The quantitative estimate of drug-likeness (QED) is 0.462. The number of alkyl halides is 1. The Bertz CT molecular complexity index is 660. The lowest BCUT2D eigenvalue weighted by atomic mass is 9.80. The Morgan fingerprint density at radius 2 is 1.95 bits per heavy atom. The molecule has 0 spiro atoms. The molecule has 1 aromatic heterocycles. The van der Waals surface area contributed by atoms with Crippen LogP contribution in [0.15, 0.2) is 12.1 Å². The lowest BCUT2D eigenvalue weighted by molar-refractivity contribution is 0.222. The van der Waals surface area contributed by atoms with Crippen molar-refractivity contribution in [1.29, 1.82) is 0 Å². The number of hydrogen-bond donors (Lipinski definition) is 0. The number of nitrogens with zero attached hydrogens (tertiary/aromatic N) is 2. The molecule has 1 aliphatic carbocycles. The van der Waals surface area contributed by atoms with Gasteiger partial charge in [0.25, 0.3) is 0 Å². The van der Waals surface area contributed by atoms with Gasteiger partial charge in [-0.3, -0.25) is 0 Å². The Labute approximate surface area is 143 Å². The van der Waals surface area contributed by atoms with Gasteiger partial charge in [-0.2, -0.15) is 0 Å². The smallest absolute Gasteiger partial charge is 0.138 e. The van der Waals surface area contributed by atoms with E-state index in [-0.39, 0.29) is 5.82 Å². The predicted molar refractivity (Wildman–Crippen MR) is 93.2 cm³/mol. The van der Waals surface area contributed by atoms with Crippen molar-refractivity contribution in [1.82, 2.24) is 9.55 Å². The van der Waals surface area contributed by atoms with Crippen LogP contribution in [0.5, 0.6) is 0 Å². The van der Waals surface area contributed by atoms with Crippen LogP contribution in [0.3, 0.4) is 0 Å². The Hall–Kier alpha value is -0.360. The molecule has 0 aliphatic heterocycles. The van der Waals surface area contributed by atoms with Crippen molar-refractivity contribution in [3.8, 4) is 0 Å². The first kappa shape index (κ1) is 15.5. The maximum Gasteiger partial charge on any atom is 0.138 e. The van der Waals surface area contributed by atoms with Gasteiger partial charge in [0.15, 0.2) is 0 Å². The average Bonchev–Trinajstić information content (AvgIpc) is 2.75. The summed E-state index contributed by atoms with van der Waals surface area (Å²) in [5.41, 5.74) is 1.73. The minimum Gasteiger partial charge on any atom is -0.324 e. The summed E-state index contributed by atoms with van der Waals surface area (Å²) in [5.74, 6) is 2.43. The van der Waals surface area contributed by atoms with Crippen LogP contribution in [-0.4, -0.2) is 9.55 Å². The van der Waals surface area contributed by atoms with E-state index in [1.165, 1.54) is 6.42 Å². The van der Waals surface area contributed by atoms with Crippen molar-refractivity contribution >= 4 is 45.2 Å². The van der Waals surface area contributed by atoms with E-state index in [0.717, 1.165) is 29.7 Å². The average molecular weight is 421 g/mol. The molecular weight excluding hydrogens is 402 g/mol. The molecule has 0 saturated heterocycles. The summed E-state index contributed by atoms with van der Waals surface area (Å²) < 4.78 is 16.8. The van der Waals surface area contributed by atoms with E-state index < -0.39 is 0 Å². The SMILES string of the molecule is CC1CC(C)CC(n2c(CCl)nc3cc(I)c(F)cc32)C1. The van der Waals surface area contributed by atoms with E-state index in [4.69, 9.17) is 11.6 Å². The van der Waals surface area contributed by atoms with Crippen molar-refractivity contribution in [3.63, 3.8) is 0 Å². The first-order valence-corrected chi connectivity index (χ1v) is 9.02. The molecule has 1 aliphatic rings. The summed E-state index contributed by atoms with van der Waals surface area (Å²) in [6.07, 6.45) is 3.51. The predicted octanol–water partition coefficient (Wildman–Crippen LogP) is 5.52. The fourth-order valence-corrected chi connectivity index (χ4v) is 4.40. The number of fused-ring (bicyclic) bond motifs is 1. The molecule has 2 nitrogen and oxygen atoms in total. The highest BCUT2D eigenvalue weighted by molar-refractivity contribution is 14.1. The van der Waals surface area contributed by atoms with Gasteiger partial charge in [0.05, 0.1) is 20.5 Å². The number of aromatic nitrogens is 2. The highest BCUT2D eigenvalue weighted by Crippen LogP contribution is 2.39. The van der Waals surface area contributed by atoms with Crippen LogP contribution in [0.4, 0.5) is 4.39 Å². The first-order valence-electron chi connectivity index (χ1n) is 7.41. The Kier molecular flexibility index (Phi) is 4.46. The largest absolute Gasteiger partial charge is 0.324 e. The van der Waals surface area contributed by atoms with Gasteiger partial charge in [0.1, 0.15) is 11.6 Å². The molecule has 1 aromatic carbocycles. The molecule has 5 heteroatoms. The van der Waals surface area contributed by atoms with Crippen LogP contribution in [0, 0.1) is 21.2 Å². The molecule has 0 N–H and O–H groups in total. The third kappa shape index (κ3) is 2.93. The summed E-state index contributed by atoms with van der Waals surface area (Å²) >= 11 is 8.11. The lowest BCUT2D eigenvalue weighted by Gasteiger charge is -2.33. The van der Waals surface area contributed by atoms with Gasteiger partial charge in [-0.1, -0.05) is 13.8 Å². The van der Waals surface area contributed by atoms with E-state index in [0.29, 0.717) is 27.3 Å². The summed E-state index contributed by atoms with van der Waals surface area (Å²) in [5, 5.41) is 0. The van der Waals surface area contributed by atoms with E-state index in [2.05, 4.69) is 23.4 Å². The van der Waals surface area contributed by atoms with Crippen LogP contribution in [-0.2, 0) is 5.88 Å². The maximum absolute atomic E-state index is 14.0. The molecule has 2 unspecified atom stereocenters. The second-order valence-corrected chi connectivity index (χ2v) is 7.79. The number of halogens is 3. The third-order valence-electron chi connectivity index (χ3n) is 4.44. The Balaban J connectivity index is 2.13. The van der Waals surface area contributed by atoms with Crippen molar-refractivity contribution in [2.45, 2.75) is 45.0 Å². The summed E-state index contributed by atoms with van der Waals surface area (Å²) in [4.78, 5) is 4.62. The number of imidazole rings is 1. The van der Waals surface area contributed by atoms with E-state index in [1.54, 1.807) is 6.07 Å². The van der Waals surface area contributed by atoms with Gasteiger partial charge < -0.3 is 4.57 Å². The zero-order valence-electron chi connectivity index (χ0n) is 12.2. The van der Waals surface area contributed by atoms with Gasteiger partial charge in [0.2, 0.25) is 0 Å². The van der Waals surface area contributed by atoms with E-state index >= 15 is 0 Å². The monoisotopic (exact) mass is 420 g/mol. The molecule has 0 amide bonds. The van der Waals surface area contributed by atoms with E-state index in [1.807, 2.05) is 28.7 Å². The van der Waals surface area contributed by atoms with Crippen molar-refractivity contribution in [3.05, 3.63) is 27.3 Å². The Morgan fingerprint density at radius 3 is 2.57 bits per heavy atom. The Morgan fingerprint density at radius 1 is 1.29 bits per heavy atom. The van der Waals surface area contributed by atoms with Crippen molar-refractivity contribution in [2.75, 3.05) is 0 Å². The maximum atomic E-state index is 14.0. The van der Waals surface area contributed by atoms with Crippen molar-refractivity contribution < 1.29 is 4.39 Å². The highest BCUT2D eigenvalue weighted by atomic mass is 127. The molecule has 3 rings (SSSR count). The van der Waals surface area contributed by atoms with Gasteiger partial charge >= 0.3 is 0 Å². The van der Waals surface area contributed by atoms with Crippen LogP contribution in [0.25, 0.3) is 11.0 Å². The molecule has 2 aromatic rings. The molecule has 1 fully saturated rings. The summed E-state index contributed by atoms with van der Waals surface area (Å²) in [6.45, 7) is 4.59. The third-order valence-corrected chi connectivity index (χ3v) is 5.51. The summed E-state index contributed by atoms with van der Waals surface area (Å²) in [7, 11) is 0. The van der Waals surface area contributed by atoms with Crippen LogP contribution < -0.4 is 0 Å². The number of rotatable bonds is 2. The minimum atomic E-state index is -0.178. The van der Waals surface area contributed by atoms with Crippen LogP contribution in [0.2, 0.25) is 0 Å². The van der Waals surface area contributed by atoms with Gasteiger partial charge in [-0.05, 0) is 59.8 Å². The molecule has 1 heterocycles. The molecule has 21 heavy (non-hydrogen) atoms. The number of benzene rings is 1. The van der Waals surface area contributed by atoms with Crippen molar-refractivity contribution in [2.24, 2.45) is 11.8 Å².